The van der Waals surface area contributed by atoms with Gasteiger partial charge in [-0.25, -0.2) is 0 Å². The fourth-order valence-electron chi connectivity index (χ4n) is 1.88. The van der Waals surface area contributed by atoms with Crippen LogP contribution < -0.4 is 0 Å². The van der Waals surface area contributed by atoms with E-state index < -0.39 is 0 Å². The van der Waals surface area contributed by atoms with Crippen molar-refractivity contribution in [2.75, 3.05) is 20.8 Å². The van der Waals surface area contributed by atoms with Crippen LogP contribution in [0.5, 0.6) is 0 Å². The van der Waals surface area contributed by atoms with Gasteiger partial charge in [0.05, 0.1) is 12.2 Å². The van der Waals surface area contributed by atoms with Gasteiger partial charge in [0.2, 0.25) is 0 Å². The number of methoxy groups -OCH3 is 2. The SMILES string of the molecule is COC1[C@H](C)O[C@H](CCO)[C@@H]1OC. The van der Waals surface area contributed by atoms with Crippen LogP contribution in [0.3, 0.4) is 0 Å². The molecule has 1 rings (SSSR count). The number of aliphatic hydroxyl groups excluding tert-OH is 1. The highest BCUT2D eigenvalue weighted by Crippen LogP contribution is 2.27. The zero-order valence-corrected chi connectivity index (χ0v) is 8.40. The largest absolute Gasteiger partial charge is 0.396 e. The maximum atomic E-state index is 8.81. The number of hydrogen-bond donors (Lipinski definition) is 1. The van der Waals surface area contributed by atoms with Crippen molar-refractivity contribution in [1.82, 2.24) is 0 Å². The van der Waals surface area contributed by atoms with Crippen LogP contribution in [0.25, 0.3) is 0 Å². The Balaban J connectivity index is 2.57. The van der Waals surface area contributed by atoms with E-state index in [1.807, 2.05) is 6.92 Å². The Morgan fingerprint density at radius 1 is 1.23 bits per heavy atom. The van der Waals surface area contributed by atoms with Crippen LogP contribution in [0.2, 0.25) is 0 Å². The van der Waals surface area contributed by atoms with E-state index in [1.54, 1.807) is 14.2 Å². The van der Waals surface area contributed by atoms with Crippen molar-refractivity contribution in [3.8, 4) is 0 Å². The second-order valence-corrected chi connectivity index (χ2v) is 3.29. The van der Waals surface area contributed by atoms with Crippen molar-refractivity contribution in [2.45, 2.75) is 37.8 Å². The van der Waals surface area contributed by atoms with Gasteiger partial charge >= 0.3 is 0 Å². The summed E-state index contributed by atoms with van der Waals surface area (Å²) in [7, 11) is 3.29. The first-order valence-electron chi connectivity index (χ1n) is 4.56. The van der Waals surface area contributed by atoms with E-state index in [0.29, 0.717) is 6.42 Å². The first-order valence-corrected chi connectivity index (χ1v) is 4.56. The average molecular weight is 190 g/mol. The third kappa shape index (κ3) is 2.20. The molecule has 0 aliphatic carbocycles. The van der Waals surface area contributed by atoms with Crippen molar-refractivity contribution in [1.29, 1.82) is 0 Å². The lowest BCUT2D eigenvalue weighted by atomic mass is 10.1. The molecule has 1 aliphatic rings. The molecule has 4 heteroatoms. The lowest BCUT2D eigenvalue weighted by Gasteiger charge is -2.20. The van der Waals surface area contributed by atoms with E-state index in [4.69, 9.17) is 19.3 Å². The molecule has 0 spiro atoms. The predicted octanol–water partition coefficient (Wildman–Crippen LogP) is 0.186. The topological polar surface area (TPSA) is 47.9 Å². The highest BCUT2D eigenvalue weighted by Gasteiger charge is 2.42. The van der Waals surface area contributed by atoms with Crippen LogP contribution >= 0.6 is 0 Å². The van der Waals surface area contributed by atoms with Crippen LogP contribution in [0.15, 0.2) is 0 Å². The van der Waals surface area contributed by atoms with Crippen LogP contribution in [0, 0.1) is 0 Å². The summed E-state index contributed by atoms with van der Waals surface area (Å²) >= 11 is 0. The maximum Gasteiger partial charge on any atom is 0.112 e. The minimum Gasteiger partial charge on any atom is -0.396 e. The fourth-order valence-corrected chi connectivity index (χ4v) is 1.88. The molecule has 0 radical (unpaired) electrons. The van der Waals surface area contributed by atoms with Gasteiger partial charge in [-0.05, 0) is 13.3 Å². The van der Waals surface area contributed by atoms with Gasteiger partial charge in [-0.15, -0.1) is 0 Å². The summed E-state index contributed by atoms with van der Waals surface area (Å²) < 4.78 is 16.2. The zero-order chi connectivity index (χ0) is 9.84. The van der Waals surface area contributed by atoms with Gasteiger partial charge in [0.1, 0.15) is 12.2 Å². The van der Waals surface area contributed by atoms with Gasteiger partial charge in [-0.2, -0.15) is 0 Å². The molecule has 78 valence electrons. The molecule has 0 aromatic heterocycles. The highest BCUT2D eigenvalue weighted by molar-refractivity contribution is 4.90. The summed E-state index contributed by atoms with van der Waals surface area (Å²) in [6, 6.07) is 0. The summed E-state index contributed by atoms with van der Waals surface area (Å²) in [5.41, 5.74) is 0. The normalized spacial score (nSPS) is 39.7. The van der Waals surface area contributed by atoms with Crippen LogP contribution in [0.4, 0.5) is 0 Å². The Labute approximate surface area is 78.8 Å². The molecular formula is C9H18O4. The van der Waals surface area contributed by atoms with Crippen molar-refractivity contribution in [2.24, 2.45) is 0 Å². The van der Waals surface area contributed by atoms with E-state index in [-0.39, 0.29) is 31.0 Å². The third-order valence-electron chi connectivity index (χ3n) is 2.50. The Bertz CT molecular complexity index is 151. The molecule has 1 unspecified atom stereocenters. The maximum absolute atomic E-state index is 8.81. The number of ether oxygens (including phenoxy) is 3. The zero-order valence-electron chi connectivity index (χ0n) is 8.40. The van der Waals surface area contributed by atoms with Crippen LogP contribution in [-0.2, 0) is 14.2 Å². The second-order valence-electron chi connectivity index (χ2n) is 3.29. The molecule has 0 bridgehead atoms. The van der Waals surface area contributed by atoms with Crippen molar-refractivity contribution in [3.05, 3.63) is 0 Å². The monoisotopic (exact) mass is 190 g/mol. The summed E-state index contributed by atoms with van der Waals surface area (Å²) in [6.07, 6.45) is 0.498. The molecular weight excluding hydrogens is 172 g/mol. The van der Waals surface area contributed by atoms with Crippen LogP contribution in [0.1, 0.15) is 13.3 Å². The molecule has 0 amide bonds. The lowest BCUT2D eigenvalue weighted by molar-refractivity contribution is -0.0305. The van der Waals surface area contributed by atoms with E-state index in [9.17, 15) is 0 Å². The molecule has 1 saturated heterocycles. The molecule has 4 nitrogen and oxygen atoms in total. The molecule has 0 aromatic carbocycles. The third-order valence-corrected chi connectivity index (χ3v) is 2.50. The summed E-state index contributed by atoms with van der Waals surface area (Å²) in [6.45, 7) is 2.07. The van der Waals surface area contributed by atoms with Gasteiger partial charge in [-0.3, -0.25) is 0 Å². The predicted molar refractivity (Wildman–Crippen MR) is 47.6 cm³/mol. The lowest BCUT2D eigenvalue weighted by Crippen LogP contribution is -2.35. The molecule has 13 heavy (non-hydrogen) atoms. The molecule has 1 N–H and O–H groups in total. The Morgan fingerprint density at radius 2 is 1.85 bits per heavy atom. The van der Waals surface area contributed by atoms with E-state index in [1.165, 1.54) is 0 Å². The highest BCUT2D eigenvalue weighted by atomic mass is 16.6. The van der Waals surface area contributed by atoms with Crippen molar-refractivity contribution < 1.29 is 19.3 Å². The van der Waals surface area contributed by atoms with Crippen molar-refractivity contribution >= 4 is 0 Å². The van der Waals surface area contributed by atoms with Gasteiger partial charge in [0.15, 0.2) is 0 Å². The standard InChI is InChI=1S/C9H18O4/c1-6-8(11-2)9(12-3)7(13-6)4-5-10/h6-10H,4-5H2,1-3H3/t6-,7+,8?,9-/m0/s1. The Morgan fingerprint density at radius 3 is 2.31 bits per heavy atom. The first-order chi connectivity index (χ1) is 6.24. The first kappa shape index (κ1) is 10.9. The molecule has 1 heterocycles. The van der Waals surface area contributed by atoms with Gasteiger partial charge < -0.3 is 19.3 Å². The minimum absolute atomic E-state index is 0.0263. The molecule has 1 aliphatic heterocycles. The molecule has 4 atom stereocenters. The number of rotatable bonds is 4. The summed E-state index contributed by atoms with van der Waals surface area (Å²) in [5, 5.41) is 8.81. The van der Waals surface area contributed by atoms with Gasteiger partial charge in [0, 0.05) is 20.8 Å². The Hall–Kier alpha value is -0.160. The summed E-state index contributed by atoms with van der Waals surface area (Å²) in [4.78, 5) is 0. The van der Waals surface area contributed by atoms with E-state index >= 15 is 0 Å². The van der Waals surface area contributed by atoms with Crippen molar-refractivity contribution in [3.63, 3.8) is 0 Å². The smallest absolute Gasteiger partial charge is 0.112 e. The number of aliphatic hydroxyl groups is 1. The van der Waals surface area contributed by atoms with E-state index in [0.717, 1.165) is 0 Å². The molecule has 0 aromatic rings. The van der Waals surface area contributed by atoms with Crippen LogP contribution in [-0.4, -0.2) is 50.3 Å². The minimum atomic E-state index is -0.0628. The second kappa shape index (κ2) is 4.91. The van der Waals surface area contributed by atoms with Gasteiger partial charge in [-0.1, -0.05) is 0 Å². The van der Waals surface area contributed by atoms with Gasteiger partial charge in [0.25, 0.3) is 0 Å². The average Bonchev–Trinajstić information content (AvgIpc) is 2.41. The number of hydrogen-bond acceptors (Lipinski definition) is 4. The fraction of sp³-hybridized carbons (Fsp3) is 1.00. The molecule has 0 saturated carbocycles. The summed E-state index contributed by atoms with van der Waals surface area (Å²) in [5.74, 6) is 0. The quantitative estimate of drug-likeness (QED) is 0.687. The molecule has 1 fully saturated rings. The Kier molecular flexibility index (Phi) is 4.12. The van der Waals surface area contributed by atoms with E-state index in [2.05, 4.69) is 0 Å².